The summed E-state index contributed by atoms with van der Waals surface area (Å²) in [5, 5.41) is 8.07. The fourth-order valence-electron chi connectivity index (χ4n) is 3.49. The average Bonchev–Trinajstić information content (AvgIpc) is 3.28. The van der Waals surface area contributed by atoms with E-state index < -0.39 is 5.91 Å². The summed E-state index contributed by atoms with van der Waals surface area (Å²) in [4.78, 5) is 24.9. The van der Waals surface area contributed by atoms with Crippen LogP contribution in [0.5, 0.6) is 0 Å². The molecule has 0 unspecified atom stereocenters. The Balaban J connectivity index is 1.64. The number of nitrogens with zero attached hydrogens (tertiary/aromatic N) is 5. The van der Waals surface area contributed by atoms with Crippen molar-refractivity contribution < 1.29 is 4.79 Å². The molecular weight excluding hydrogens is 402 g/mol. The molecule has 4 heterocycles. The van der Waals surface area contributed by atoms with Crippen molar-refractivity contribution in [2.75, 3.05) is 5.32 Å². The van der Waals surface area contributed by atoms with Crippen LogP contribution in [-0.2, 0) is 6.54 Å². The van der Waals surface area contributed by atoms with Gasteiger partial charge in [-0.3, -0.25) is 14.8 Å². The topological polar surface area (TPSA) is 111 Å². The number of carbonyl (C=O) groups excluding carboxylic acids is 1. The number of pyridine rings is 2. The zero-order valence-electron chi connectivity index (χ0n) is 17.0. The highest BCUT2D eigenvalue weighted by atomic mass is 16.1. The molecule has 1 amide bonds. The summed E-state index contributed by atoms with van der Waals surface area (Å²) in [6, 6.07) is 19.5. The third-order valence-electron chi connectivity index (χ3n) is 5.04. The number of hydrogen-bond acceptors (Lipinski definition) is 6. The fourth-order valence-corrected chi connectivity index (χ4v) is 3.49. The van der Waals surface area contributed by atoms with E-state index in [0.717, 1.165) is 22.3 Å². The van der Waals surface area contributed by atoms with Crippen molar-refractivity contribution in [3.8, 4) is 22.5 Å². The highest BCUT2D eigenvalue weighted by Crippen LogP contribution is 2.31. The SMILES string of the molecule is NC(=O)c1cncc(-c2nc(NCc3ccccn3)c3c(-c4ccccc4)ccn3n2)c1. The first kappa shape index (κ1) is 19.4. The van der Waals surface area contributed by atoms with E-state index in [9.17, 15) is 4.79 Å². The predicted molar refractivity (Wildman–Crippen MR) is 122 cm³/mol. The van der Waals surface area contributed by atoms with Gasteiger partial charge in [0.05, 0.1) is 17.8 Å². The van der Waals surface area contributed by atoms with Crippen LogP contribution in [0.2, 0.25) is 0 Å². The highest BCUT2D eigenvalue weighted by molar-refractivity contribution is 5.93. The molecule has 156 valence electrons. The normalized spacial score (nSPS) is 10.9. The number of aromatic nitrogens is 5. The number of hydrogen-bond donors (Lipinski definition) is 2. The number of benzene rings is 1. The molecule has 0 spiro atoms. The monoisotopic (exact) mass is 421 g/mol. The van der Waals surface area contributed by atoms with E-state index in [1.54, 1.807) is 23.0 Å². The van der Waals surface area contributed by atoms with E-state index in [4.69, 9.17) is 10.7 Å². The summed E-state index contributed by atoms with van der Waals surface area (Å²) in [6.07, 6.45) is 6.68. The second-order valence-electron chi connectivity index (χ2n) is 7.17. The minimum absolute atomic E-state index is 0.298. The molecule has 8 nitrogen and oxygen atoms in total. The van der Waals surface area contributed by atoms with Crippen LogP contribution < -0.4 is 11.1 Å². The number of fused-ring (bicyclic) bond motifs is 1. The van der Waals surface area contributed by atoms with Crippen molar-refractivity contribution in [2.45, 2.75) is 6.54 Å². The summed E-state index contributed by atoms with van der Waals surface area (Å²) in [5.41, 5.74) is 10.1. The van der Waals surface area contributed by atoms with Crippen molar-refractivity contribution in [1.82, 2.24) is 24.6 Å². The Labute approximate surface area is 183 Å². The van der Waals surface area contributed by atoms with Crippen molar-refractivity contribution >= 4 is 17.2 Å². The highest BCUT2D eigenvalue weighted by Gasteiger charge is 2.16. The van der Waals surface area contributed by atoms with E-state index in [1.807, 2.05) is 60.8 Å². The number of primary amides is 1. The van der Waals surface area contributed by atoms with E-state index in [-0.39, 0.29) is 0 Å². The summed E-state index contributed by atoms with van der Waals surface area (Å²) in [7, 11) is 0. The molecule has 3 N–H and O–H groups in total. The van der Waals surface area contributed by atoms with Gasteiger partial charge in [0, 0.05) is 35.9 Å². The van der Waals surface area contributed by atoms with Gasteiger partial charge in [-0.25, -0.2) is 9.50 Å². The Kier molecular flexibility index (Phi) is 5.01. The molecule has 0 saturated carbocycles. The Bertz CT molecular complexity index is 1400. The second-order valence-corrected chi connectivity index (χ2v) is 7.17. The maximum Gasteiger partial charge on any atom is 0.250 e. The lowest BCUT2D eigenvalue weighted by molar-refractivity contribution is 0.1000. The first-order valence-corrected chi connectivity index (χ1v) is 10.0. The largest absolute Gasteiger partial charge is 0.366 e. The van der Waals surface area contributed by atoms with Gasteiger partial charge in [0.2, 0.25) is 5.91 Å². The maximum absolute atomic E-state index is 11.6. The van der Waals surface area contributed by atoms with Crippen molar-refractivity contribution in [1.29, 1.82) is 0 Å². The van der Waals surface area contributed by atoms with Crippen LogP contribution >= 0.6 is 0 Å². The number of amides is 1. The molecule has 4 aromatic heterocycles. The van der Waals surface area contributed by atoms with Gasteiger partial charge in [-0.1, -0.05) is 36.4 Å². The van der Waals surface area contributed by atoms with E-state index >= 15 is 0 Å². The Morgan fingerprint density at radius 3 is 2.62 bits per heavy atom. The second kappa shape index (κ2) is 8.27. The van der Waals surface area contributed by atoms with Crippen LogP contribution in [0.15, 0.2) is 85.5 Å². The third-order valence-corrected chi connectivity index (χ3v) is 5.04. The molecule has 8 heteroatoms. The van der Waals surface area contributed by atoms with Gasteiger partial charge in [-0.15, -0.1) is 5.10 Å². The van der Waals surface area contributed by atoms with Gasteiger partial charge in [-0.05, 0) is 29.8 Å². The van der Waals surface area contributed by atoms with Crippen LogP contribution in [-0.4, -0.2) is 30.5 Å². The fraction of sp³-hybridized carbons (Fsp3) is 0.0417. The predicted octanol–water partition coefficient (Wildman–Crippen LogP) is 3.56. The van der Waals surface area contributed by atoms with Crippen LogP contribution in [0.3, 0.4) is 0 Å². The van der Waals surface area contributed by atoms with Crippen LogP contribution in [0.25, 0.3) is 28.0 Å². The molecule has 0 saturated heterocycles. The lowest BCUT2D eigenvalue weighted by Gasteiger charge is -2.12. The van der Waals surface area contributed by atoms with Crippen LogP contribution in [0, 0.1) is 0 Å². The summed E-state index contributed by atoms with van der Waals surface area (Å²) >= 11 is 0. The number of carbonyl (C=O) groups is 1. The molecule has 0 aliphatic carbocycles. The van der Waals surface area contributed by atoms with Gasteiger partial charge in [0.1, 0.15) is 5.52 Å². The number of nitrogens with two attached hydrogens (primary N) is 1. The van der Waals surface area contributed by atoms with Crippen molar-refractivity contribution in [2.24, 2.45) is 5.73 Å². The molecule has 32 heavy (non-hydrogen) atoms. The Hall–Kier alpha value is -4.59. The number of nitrogens with one attached hydrogen (secondary N) is 1. The molecule has 0 aliphatic heterocycles. The van der Waals surface area contributed by atoms with Gasteiger partial charge >= 0.3 is 0 Å². The van der Waals surface area contributed by atoms with Gasteiger partial charge < -0.3 is 11.1 Å². The van der Waals surface area contributed by atoms with E-state index in [2.05, 4.69) is 20.4 Å². The molecular formula is C24H19N7O. The first-order valence-electron chi connectivity index (χ1n) is 10.0. The maximum atomic E-state index is 11.6. The van der Waals surface area contributed by atoms with Gasteiger partial charge in [-0.2, -0.15) is 0 Å². The van der Waals surface area contributed by atoms with Gasteiger partial charge in [0.25, 0.3) is 0 Å². The van der Waals surface area contributed by atoms with Crippen LogP contribution in [0.4, 0.5) is 5.82 Å². The molecule has 0 radical (unpaired) electrons. The smallest absolute Gasteiger partial charge is 0.250 e. The zero-order valence-corrected chi connectivity index (χ0v) is 17.0. The Morgan fingerprint density at radius 1 is 1.00 bits per heavy atom. The zero-order chi connectivity index (χ0) is 21.9. The lowest BCUT2D eigenvalue weighted by Crippen LogP contribution is -2.12. The summed E-state index contributed by atoms with van der Waals surface area (Å²) in [5.74, 6) is 0.516. The summed E-state index contributed by atoms with van der Waals surface area (Å²) in [6.45, 7) is 0.492. The number of rotatable bonds is 6. The third kappa shape index (κ3) is 3.77. The minimum atomic E-state index is -0.554. The van der Waals surface area contributed by atoms with Crippen molar-refractivity contribution in [3.63, 3.8) is 0 Å². The quantitative estimate of drug-likeness (QED) is 0.434. The van der Waals surface area contributed by atoms with E-state index in [0.29, 0.717) is 29.3 Å². The van der Waals surface area contributed by atoms with Crippen LogP contribution in [0.1, 0.15) is 16.1 Å². The standard InChI is InChI=1S/C24H19N7O/c25-22(32)17-12-18(14-26-13-17)23-29-24(28-15-19-8-4-5-10-27-19)21-20(9-11-31(21)30-23)16-6-2-1-3-7-16/h1-14H,15H2,(H2,25,32)(H,28,29,30). The molecule has 0 aliphatic rings. The molecule has 0 atom stereocenters. The Morgan fingerprint density at radius 2 is 1.84 bits per heavy atom. The van der Waals surface area contributed by atoms with Crippen molar-refractivity contribution in [3.05, 3.63) is 96.7 Å². The summed E-state index contributed by atoms with van der Waals surface area (Å²) < 4.78 is 1.78. The molecule has 0 bridgehead atoms. The molecule has 1 aromatic carbocycles. The van der Waals surface area contributed by atoms with E-state index in [1.165, 1.54) is 6.20 Å². The first-order chi connectivity index (χ1) is 15.7. The number of anilines is 1. The molecule has 5 aromatic rings. The lowest BCUT2D eigenvalue weighted by atomic mass is 10.1. The molecule has 0 fully saturated rings. The average molecular weight is 421 g/mol. The minimum Gasteiger partial charge on any atom is -0.366 e. The van der Waals surface area contributed by atoms with Gasteiger partial charge in [0.15, 0.2) is 11.6 Å². The molecule has 5 rings (SSSR count).